The Bertz CT molecular complexity index is 294. The van der Waals surface area contributed by atoms with Crippen molar-refractivity contribution in [2.75, 3.05) is 19.6 Å². The van der Waals surface area contributed by atoms with Crippen LogP contribution in [0.25, 0.3) is 0 Å². The van der Waals surface area contributed by atoms with Crippen molar-refractivity contribution < 1.29 is 4.79 Å². The number of likely N-dealkylation sites (tertiary alicyclic amines) is 1. The average Bonchev–Trinajstić information content (AvgIpc) is 3.06. The van der Waals surface area contributed by atoms with Crippen molar-refractivity contribution in [1.29, 1.82) is 0 Å². The molecule has 2 fully saturated rings. The van der Waals surface area contributed by atoms with Gasteiger partial charge in [0.25, 0.3) is 0 Å². The van der Waals surface area contributed by atoms with Crippen LogP contribution in [0, 0.1) is 5.92 Å². The van der Waals surface area contributed by atoms with E-state index >= 15 is 0 Å². The van der Waals surface area contributed by atoms with Gasteiger partial charge in [0.05, 0.1) is 0 Å². The fraction of sp³-hybridized carbons (Fsp3) is 0.944. The Kier molecular flexibility index (Phi) is 7.56. The Labute approximate surface area is 130 Å². The van der Waals surface area contributed by atoms with E-state index in [2.05, 4.69) is 17.1 Å². The Morgan fingerprint density at radius 2 is 1.67 bits per heavy atom. The van der Waals surface area contributed by atoms with Crippen molar-refractivity contribution in [2.45, 2.75) is 83.6 Å². The number of fused-ring (bicyclic) bond motifs is 1. The highest BCUT2D eigenvalue weighted by Gasteiger charge is 2.37. The molecule has 2 aliphatic rings. The lowest BCUT2D eigenvalue weighted by Gasteiger charge is -2.17. The summed E-state index contributed by atoms with van der Waals surface area (Å²) in [6.45, 7) is 5.38. The number of hydrogen-bond acceptors (Lipinski definition) is 2. The molecule has 122 valence electrons. The first-order valence-corrected chi connectivity index (χ1v) is 9.32. The molecule has 0 radical (unpaired) electrons. The minimum absolute atomic E-state index is 0.397. The Morgan fingerprint density at radius 1 is 1.00 bits per heavy atom. The Morgan fingerprint density at radius 3 is 2.33 bits per heavy atom. The van der Waals surface area contributed by atoms with Gasteiger partial charge in [-0.3, -0.25) is 4.79 Å². The topological polar surface area (TPSA) is 32.3 Å². The molecule has 0 saturated carbocycles. The molecule has 0 spiro atoms. The summed E-state index contributed by atoms with van der Waals surface area (Å²) < 4.78 is 0. The van der Waals surface area contributed by atoms with E-state index in [4.69, 9.17) is 0 Å². The molecule has 3 heteroatoms. The van der Waals surface area contributed by atoms with Crippen molar-refractivity contribution in [1.82, 2.24) is 10.2 Å². The van der Waals surface area contributed by atoms with Crippen molar-refractivity contribution in [3.05, 3.63) is 0 Å². The van der Waals surface area contributed by atoms with Crippen molar-refractivity contribution in [3.63, 3.8) is 0 Å². The van der Waals surface area contributed by atoms with Gasteiger partial charge in [0.15, 0.2) is 0 Å². The molecule has 0 aliphatic carbocycles. The number of carbonyl (C=O) groups is 1. The molecule has 2 aliphatic heterocycles. The summed E-state index contributed by atoms with van der Waals surface area (Å²) >= 11 is 0. The molecule has 2 atom stereocenters. The van der Waals surface area contributed by atoms with Crippen LogP contribution >= 0.6 is 0 Å². The van der Waals surface area contributed by atoms with Crippen LogP contribution in [0.2, 0.25) is 0 Å². The first-order valence-electron chi connectivity index (χ1n) is 9.32. The first-order chi connectivity index (χ1) is 10.3. The number of unbranched alkanes of at least 4 members (excludes halogenated alkanes) is 8. The Balaban J connectivity index is 1.43. The van der Waals surface area contributed by atoms with E-state index in [1.807, 2.05) is 0 Å². The summed E-state index contributed by atoms with van der Waals surface area (Å²) in [6.07, 6.45) is 13.9. The molecule has 2 saturated heterocycles. The second-order valence-electron chi connectivity index (χ2n) is 6.99. The molecule has 2 heterocycles. The highest BCUT2D eigenvalue weighted by molar-refractivity contribution is 5.76. The lowest BCUT2D eigenvalue weighted by atomic mass is 10.1. The van der Waals surface area contributed by atoms with Crippen LogP contribution in [0.3, 0.4) is 0 Å². The molecule has 21 heavy (non-hydrogen) atoms. The lowest BCUT2D eigenvalue weighted by molar-refractivity contribution is -0.130. The van der Waals surface area contributed by atoms with Gasteiger partial charge in [0.2, 0.25) is 5.91 Å². The lowest BCUT2D eigenvalue weighted by Crippen LogP contribution is -2.33. The van der Waals surface area contributed by atoms with E-state index in [1.165, 1.54) is 57.8 Å². The third-order valence-corrected chi connectivity index (χ3v) is 5.21. The molecule has 1 amide bonds. The molecule has 0 unspecified atom stereocenters. The van der Waals surface area contributed by atoms with Crippen LogP contribution < -0.4 is 5.32 Å². The van der Waals surface area contributed by atoms with Crippen LogP contribution in [0.4, 0.5) is 0 Å². The van der Waals surface area contributed by atoms with E-state index in [9.17, 15) is 4.79 Å². The van der Waals surface area contributed by atoms with Crippen LogP contribution in [0.1, 0.15) is 77.6 Å². The van der Waals surface area contributed by atoms with Gasteiger partial charge in [-0.1, -0.05) is 58.3 Å². The van der Waals surface area contributed by atoms with Gasteiger partial charge in [-0.2, -0.15) is 0 Å². The zero-order chi connectivity index (χ0) is 14.9. The average molecular weight is 294 g/mol. The largest absolute Gasteiger partial charge is 0.341 e. The van der Waals surface area contributed by atoms with Crippen molar-refractivity contribution >= 4 is 5.91 Å². The maximum Gasteiger partial charge on any atom is 0.222 e. The third kappa shape index (κ3) is 5.61. The number of nitrogens with zero attached hydrogens (tertiary/aromatic N) is 1. The molecule has 2 rings (SSSR count). The van der Waals surface area contributed by atoms with Gasteiger partial charge in [-0.15, -0.1) is 0 Å². The van der Waals surface area contributed by atoms with Gasteiger partial charge in [-0.05, 0) is 25.3 Å². The van der Waals surface area contributed by atoms with Gasteiger partial charge < -0.3 is 10.2 Å². The molecule has 1 N–H and O–H groups in total. The second kappa shape index (κ2) is 9.45. The second-order valence-corrected chi connectivity index (χ2v) is 6.99. The summed E-state index contributed by atoms with van der Waals surface area (Å²) in [6, 6.07) is 0.595. The molecule has 3 nitrogen and oxygen atoms in total. The fourth-order valence-corrected chi connectivity index (χ4v) is 3.80. The van der Waals surface area contributed by atoms with E-state index in [0.29, 0.717) is 11.9 Å². The van der Waals surface area contributed by atoms with Gasteiger partial charge in [0.1, 0.15) is 0 Å². The standard InChI is InChI=1S/C18H34N2O/c1-2-3-4-5-6-7-8-9-10-11-18(21)20-14-16-12-13-19-17(16)15-20/h16-17,19H,2-15H2,1H3/t16-,17+/m0/s1. The van der Waals surface area contributed by atoms with E-state index in [1.54, 1.807) is 0 Å². The smallest absolute Gasteiger partial charge is 0.222 e. The number of rotatable bonds is 10. The summed E-state index contributed by atoms with van der Waals surface area (Å²) in [4.78, 5) is 14.3. The number of nitrogens with one attached hydrogen (secondary N) is 1. The zero-order valence-corrected chi connectivity index (χ0v) is 13.9. The number of amides is 1. The van der Waals surface area contributed by atoms with E-state index in [0.717, 1.165) is 38.4 Å². The number of hydrogen-bond donors (Lipinski definition) is 1. The SMILES string of the molecule is CCCCCCCCCCCC(=O)N1C[C@@H]2CCN[C@@H]2C1. The van der Waals surface area contributed by atoms with Crippen molar-refractivity contribution in [3.8, 4) is 0 Å². The monoisotopic (exact) mass is 294 g/mol. The quantitative estimate of drug-likeness (QED) is 0.623. The minimum atomic E-state index is 0.397. The fourth-order valence-electron chi connectivity index (χ4n) is 3.80. The Hall–Kier alpha value is -0.570. The molecule has 0 bridgehead atoms. The predicted octanol–water partition coefficient (Wildman–Crippen LogP) is 3.73. The maximum absolute atomic E-state index is 12.2. The first kappa shape index (κ1) is 16.8. The molecular weight excluding hydrogens is 260 g/mol. The van der Waals surface area contributed by atoms with Crippen LogP contribution in [-0.2, 0) is 4.79 Å². The van der Waals surface area contributed by atoms with Crippen LogP contribution in [-0.4, -0.2) is 36.5 Å². The van der Waals surface area contributed by atoms with Gasteiger partial charge in [-0.25, -0.2) is 0 Å². The zero-order valence-electron chi connectivity index (χ0n) is 13.9. The normalized spacial score (nSPS) is 24.5. The van der Waals surface area contributed by atoms with E-state index in [-0.39, 0.29) is 0 Å². The summed E-state index contributed by atoms with van der Waals surface area (Å²) in [5.41, 5.74) is 0. The minimum Gasteiger partial charge on any atom is -0.341 e. The molecule has 0 aromatic rings. The molecule has 0 aromatic heterocycles. The predicted molar refractivity (Wildman–Crippen MR) is 88.3 cm³/mol. The van der Waals surface area contributed by atoms with Crippen LogP contribution in [0.5, 0.6) is 0 Å². The van der Waals surface area contributed by atoms with Gasteiger partial charge >= 0.3 is 0 Å². The molecular formula is C18H34N2O. The van der Waals surface area contributed by atoms with E-state index < -0.39 is 0 Å². The summed E-state index contributed by atoms with van der Waals surface area (Å²) in [5.74, 6) is 1.13. The summed E-state index contributed by atoms with van der Waals surface area (Å²) in [7, 11) is 0. The third-order valence-electron chi connectivity index (χ3n) is 5.21. The highest BCUT2D eigenvalue weighted by Crippen LogP contribution is 2.25. The maximum atomic E-state index is 12.2. The van der Waals surface area contributed by atoms with Crippen LogP contribution in [0.15, 0.2) is 0 Å². The van der Waals surface area contributed by atoms with Crippen molar-refractivity contribution in [2.24, 2.45) is 5.92 Å². The summed E-state index contributed by atoms with van der Waals surface area (Å²) in [5, 5.41) is 3.51. The highest BCUT2D eigenvalue weighted by atomic mass is 16.2. The number of carbonyl (C=O) groups excluding carboxylic acids is 1. The molecule has 0 aromatic carbocycles. The van der Waals surface area contributed by atoms with Gasteiger partial charge in [0, 0.05) is 25.6 Å².